The van der Waals surface area contributed by atoms with Crippen molar-refractivity contribution >= 4 is 18.1 Å². The molecule has 0 fully saturated rings. The second-order valence-corrected chi connectivity index (χ2v) is 6.47. The first-order valence-corrected chi connectivity index (χ1v) is 9.46. The lowest BCUT2D eigenvalue weighted by Crippen LogP contribution is -2.17. The third kappa shape index (κ3) is 6.17. The molecule has 7 heteroatoms. The van der Waals surface area contributed by atoms with Gasteiger partial charge in [0, 0.05) is 5.56 Å². The third-order valence-corrected chi connectivity index (χ3v) is 4.39. The molecule has 7 nitrogen and oxygen atoms in total. The maximum atomic E-state index is 12.1. The zero-order chi connectivity index (χ0) is 22.1. The second kappa shape index (κ2) is 10.6. The summed E-state index contributed by atoms with van der Waals surface area (Å²) in [4.78, 5) is 23.5. The highest BCUT2D eigenvalue weighted by Gasteiger charge is 2.05. The van der Waals surface area contributed by atoms with Gasteiger partial charge in [0.25, 0.3) is 5.91 Å². The van der Waals surface area contributed by atoms with Crippen molar-refractivity contribution < 1.29 is 23.8 Å². The molecule has 0 unspecified atom stereocenters. The Bertz CT molecular complexity index is 1040. The molecule has 0 saturated carbocycles. The van der Waals surface area contributed by atoms with Crippen LogP contribution in [0, 0.1) is 0 Å². The van der Waals surface area contributed by atoms with Gasteiger partial charge in [0.1, 0.15) is 18.1 Å². The van der Waals surface area contributed by atoms with Gasteiger partial charge in [-0.3, -0.25) is 4.79 Å². The highest BCUT2D eigenvalue weighted by Crippen LogP contribution is 2.15. The van der Waals surface area contributed by atoms with Crippen molar-refractivity contribution in [3.63, 3.8) is 0 Å². The lowest BCUT2D eigenvalue weighted by molar-refractivity contribution is 0.0600. The molecule has 3 aromatic rings. The highest BCUT2D eigenvalue weighted by atomic mass is 16.5. The molecular weight excluding hydrogens is 396 g/mol. The minimum Gasteiger partial charge on any atom is -0.497 e. The summed E-state index contributed by atoms with van der Waals surface area (Å²) in [5.74, 6) is 0.694. The minimum atomic E-state index is -0.370. The lowest BCUT2D eigenvalue weighted by Gasteiger charge is -2.07. The van der Waals surface area contributed by atoms with E-state index in [1.54, 1.807) is 49.7 Å². The zero-order valence-corrected chi connectivity index (χ0v) is 17.2. The zero-order valence-electron chi connectivity index (χ0n) is 17.2. The Morgan fingerprint density at radius 2 is 1.45 bits per heavy atom. The number of nitrogens with one attached hydrogen (secondary N) is 1. The van der Waals surface area contributed by atoms with Crippen LogP contribution in [0.4, 0.5) is 0 Å². The summed E-state index contributed by atoms with van der Waals surface area (Å²) in [5.41, 5.74) is 5.21. The van der Waals surface area contributed by atoms with Crippen molar-refractivity contribution in [2.45, 2.75) is 6.61 Å². The van der Waals surface area contributed by atoms with E-state index in [1.165, 1.54) is 7.11 Å². The van der Waals surface area contributed by atoms with Crippen LogP contribution < -0.4 is 14.9 Å². The van der Waals surface area contributed by atoms with E-state index in [4.69, 9.17) is 9.47 Å². The molecule has 0 bridgehead atoms. The molecule has 0 aliphatic rings. The van der Waals surface area contributed by atoms with Gasteiger partial charge < -0.3 is 14.2 Å². The van der Waals surface area contributed by atoms with Crippen LogP contribution in [0.3, 0.4) is 0 Å². The average Bonchev–Trinajstić information content (AvgIpc) is 2.83. The summed E-state index contributed by atoms with van der Waals surface area (Å²) in [6, 6.07) is 21.1. The lowest BCUT2D eigenvalue weighted by atomic mass is 10.1. The molecular formula is C24H22N2O5. The summed E-state index contributed by atoms with van der Waals surface area (Å²) in [6.07, 6.45) is 1.55. The number of carbonyl (C=O) groups excluding carboxylic acids is 2. The molecule has 0 heterocycles. The first-order valence-electron chi connectivity index (χ1n) is 9.46. The summed E-state index contributed by atoms with van der Waals surface area (Å²) in [7, 11) is 2.92. The Hall–Kier alpha value is -4.13. The van der Waals surface area contributed by atoms with Crippen LogP contribution in [0.5, 0.6) is 11.5 Å². The SMILES string of the molecule is COC(=O)c1ccc(COc2ccc(/C=N/NC(=O)c3ccc(OC)cc3)cc2)cc1. The van der Waals surface area contributed by atoms with E-state index in [0.717, 1.165) is 11.1 Å². The van der Waals surface area contributed by atoms with Gasteiger partial charge in [-0.25, -0.2) is 10.2 Å². The normalized spacial score (nSPS) is 10.5. The number of hydrogen-bond acceptors (Lipinski definition) is 6. The Kier molecular flexibility index (Phi) is 7.37. The fourth-order valence-electron chi connectivity index (χ4n) is 2.64. The number of carbonyl (C=O) groups is 2. The molecule has 0 spiro atoms. The van der Waals surface area contributed by atoms with E-state index in [9.17, 15) is 9.59 Å². The van der Waals surface area contributed by atoms with Crippen molar-refractivity contribution in [1.29, 1.82) is 0 Å². The molecule has 0 atom stereocenters. The van der Waals surface area contributed by atoms with Gasteiger partial charge in [0.05, 0.1) is 26.0 Å². The van der Waals surface area contributed by atoms with E-state index >= 15 is 0 Å². The van der Waals surface area contributed by atoms with Crippen molar-refractivity contribution in [2.75, 3.05) is 14.2 Å². The third-order valence-electron chi connectivity index (χ3n) is 4.39. The van der Waals surface area contributed by atoms with Gasteiger partial charge in [-0.15, -0.1) is 0 Å². The number of nitrogens with zero attached hydrogens (tertiary/aromatic N) is 1. The summed E-state index contributed by atoms with van der Waals surface area (Å²) in [6.45, 7) is 0.368. The van der Waals surface area contributed by atoms with Crippen LogP contribution in [0.1, 0.15) is 31.8 Å². The highest BCUT2D eigenvalue weighted by molar-refractivity contribution is 5.95. The Balaban J connectivity index is 1.49. The van der Waals surface area contributed by atoms with E-state index in [0.29, 0.717) is 29.2 Å². The molecule has 0 radical (unpaired) electrons. The Morgan fingerprint density at radius 3 is 2.06 bits per heavy atom. The molecule has 0 saturated heterocycles. The molecule has 0 aromatic heterocycles. The molecule has 0 aliphatic heterocycles. The summed E-state index contributed by atoms with van der Waals surface area (Å²) < 4.78 is 15.5. The standard InChI is InChI=1S/C24H22N2O5/c1-29-21-13-9-19(10-14-21)23(27)26-25-15-17-5-11-22(12-6-17)31-16-18-3-7-20(8-4-18)24(28)30-2/h3-15H,16H2,1-2H3,(H,26,27)/b25-15+. The van der Waals surface area contributed by atoms with E-state index < -0.39 is 0 Å². The van der Waals surface area contributed by atoms with Crippen molar-refractivity contribution in [3.05, 3.63) is 95.1 Å². The number of hydrogen-bond donors (Lipinski definition) is 1. The van der Waals surface area contributed by atoms with E-state index in [1.807, 2.05) is 36.4 Å². The fourth-order valence-corrected chi connectivity index (χ4v) is 2.64. The number of esters is 1. The van der Waals surface area contributed by atoms with E-state index in [2.05, 4.69) is 15.3 Å². The first-order chi connectivity index (χ1) is 15.1. The Morgan fingerprint density at radius 1 is 0.839 bits per heavy atom. The number of benzene rings is 3. The van der Waals surface area contributed by atoms with Crippen LogP contribution in [-0.4, -0.2) is 32.3 Å². The molecule has 1 N–H and O–H groups in total. The smallest absolute Gasteiger partial charge is 0.337 e. The molecule has 0 aliphatic carbocycles. The number of methoxy groups -OCH3 is 2. The topological polar surface area (TPSA) is 86.2 Å². The van der Waals surface area contributed by atoms with Crippen molar-refractivity contribution in [1.82, 2.24) is 5.43 Å². The van der Waals surface area contributed by atoms with Gasteiger partial charge in [-0.05, 0) is 71.8 Å². The van der Waals surface area contributed by atoms with Crippen molar-refractivity contribution in [2.24, 2.45) is 5.10 Å². The number of rotatable bonds is 8. The van der Waals surface area contributed by atoms with Crippen molar-refractivity contribution in [3.8, 4) is 11.5 Å². The largest absolute Gasteiger partial charge is 0.497 e. The number of hydrazone groups is 1. The van der Waals surface area contributed by atoms with Gasteiger partial charge in [-0.2, -0.15) is 5.10 Å². The maximum Gasteiger partial charge on any atom is 0.337 e. The van der Waals surface area contributed by atoms with Gasteiger partial charge in [-0.1, -0.05) is 12.1 Å². The molecule has 158 valence electrons. The predicted molar refractivity (Wildman–Crippen MR) is 117 cm³/mol. The molecule has 3 aromatic carbocycles. The molecule has 3 rings (SSSR count). The number of amides is 1. The predicted octanol–water partition coefficient (Wildman–Crippen LogP) is 3.82. The van der Waals surface area contributed by atoms with Crippen LogP contribution >= 0.6 is 0 Å². The number of ether oxygens (including phenoxy) is 3. The quantitative estimate of drug-likeness (QED) is 0.341. The average molecular weight is 418 g/mol. The van der Waals surface area contributed by atoms with Crippen LogP contribution in [0.15, 0.2) is 77.9 Å². The molecule has 31 heavy (non-hydrogen) atoms. The summed E-state index contributed by atoms with van der Waals surface area (Å²) >= 11 is 0. The Labute approximate surface area is 180 Å². The minimum absolute atomic E-state index is 0.308. The second-order valence-electron chi connectivity index (χ2n) is 6.47. The van der Waals surface area contributed by atoms with Crippen LogP contribution in [-0.2, 0) is 11.3 Å². The van der Waals surface area contributed by atoms with E-state index in [-0.39, 0.29) is 11.9 Å². The monoisotopic (exact) mass is 418 g/mol. The molecule has 1 amide bonds. The maximum absolute atomic E-state index is 12.1. The first kappa shape index (κ1) is 21.6. The van der Waals surface area contributed by atoms with Gasteiger partial charge >= 0.3 is 5.97 Å². The van der Waals surface area contributed by atoms with Crippen LogP contribution in [0.25, 0.3) is 0 Å². The fraction of sp³-hybridized carbons (Fsp3) is 0.125. The van der Waals surface area contributed by atoms with Gasteiger partial charge in [0.2, 0.25) is 0 Å². The summed E-state index contributed by atoms with van der Waals surface area (Å²) in [5, 5.41) is 3.98. The van der Waals surface area contributed by atoms with Crippen LogP contribution in [0.2, 0.25) is 0 Å². The van der Waals surface area contributed by atoms with Gasteiger partial charge in [0.15, 0.2) is 0 Å².